The minimum absolute atomic E-state index is 0.0562. The fourth-order valence-electron chi connectivity index (χ4n) is 3.52. The van der Waals surface area contributed by atoms with Crippen molar-refractivity contribution < 1.29 is 4.74 Å². The van der Waals surface area contributed by atoms with Gasteiger partial charge in [0.05, 0.1) is 23.7 Å². The van der Waals surface area contributed by atoms with Crippen LogP contribution in [0, 0.1) is 0 Å². The number of pyridine rings is 3. The van der Waals surface area contributed by atoms with E-state index in [1.165, 1.54) is 6.07 Å². The molecule has 5 nitrogen and oxygen atoms in total. The highest BCUT2D eigenvalue weighted by Crippen LogP contribution is 2.33. The van der Waals surface area contributed by atoms with Crippen molar-refractivity contribution in [1.29, 1.82) is 0 Å². The monoisotopic (exact) mass is 379 g/mol. The van der Waals surface area contributed by atoms with Crippen molar-refractivity contribution in [1.82, 2.24) is 15.0 Å². The quantitative estimate of drug-likeness (QED) is 0.488. The number of benzene rings is 2. The van der Waals surface area contributed by atoms with Gasteiger partial charge in [0.25, 0.3) is 0 Å². The molecule has 0 saturated heterocycles. The van der Waals surface area contributed by atoms with E-state index in [2.05, 4.69) is 16.0 Å². The first-order valence-corrected chi connectivity index (χ1v) is 9.26. The maximum atomic E-state index is 12.4. The van der Waals surface area contributed by atoms with Gasteiger partial charge in [-0.15, -0.1) is 0 Å². The molecule has 1 N–H and O–H groups in total. The topological polar surface area (TPSA) is 67.9 Å². The Bertz CT molecular complexity index is 1410. The lowest BCUT2D eigenvalue weighted by Gasteiger charge is -2.12. The van der Waals surface area contributed by atoms with Gasteiger partial charge in [0.15, 0.2) is 5.43 Å². The maximum absolute atomic E-state index is 12.4. The summed E-state index contributed by atoms with van der Waals surface area (Å²) in [5.41, 5.74) is 5.05. The van der Waals surface area contributed by atoms with E-state index >= 15 is 0 Å². The summed E-state index contributed by atoms with van der Waals surface area (Å²) in [6, 6.07) is 23.3. The zero-order valence-corrected chi connectivity index (χ0v) is 15.7. The summed E-state index contributed by atoms with van der Waals surface area (Å²) < 4.78 is 5.22. The third-order valence-corrected chi connectivity index (χ3v) is 4.97. The lowest BCUT2D eigenvalue weighted by Crippen LogP contribution is -2.03. The molecule has 0 saturated carbocycles. The van der Waals surface area contributed by atoms with Gasteiger partial charge in [0.1, 0.15) is 5.65 Å². The smallest absolute Gasteiger partial charge is 0.213 e. The molecule has 5 rings (SSSR count). The first-order chi connectivity index (χ1) is 14.2. The molecular formula is C24H17N3O2. The van der Waals surface area contributed by atoms with E-state index in [0.29, 0.717) is 16.9 Å². The lowest BCUT2D eigenvalue weighted by atomic mass is 9.97. The summed E-state index contributed by atoms with van der Waals surface area (Å²) in [5, 5.41) is 1.56. The Hall–Kier alpha value is -3.99. The van der Waals surface area contributed by atoms with Crippen LogP contribution in [0.4, 0.5) is 0 Å². The van der Waals surface area contributed by atoms with Gasteiger partial charge in [-0.3, -0.25) is 4.79 Å². The van der Waals surface area contributed by atoms with Crippen LogP contribution in [0.3, 0.4) is 0 Å². The summed E-state index contributed by atoms with van der Waals surface area (Å²) >= 11 is 0. The third-order valence-electron chi connectivity index (χ3n) is 4.97. The van der Waals surface area contributed by atoms with Gasteiger partial charge in [-0.2, -0.15) is 0 Å². The van der Waals surface area contributed by atoms with Crippen LogP contribution in [0.2, 0.25) is 0 Å². The van der Waals surface area contributed by atoms with Crippen LogP contribution in [-0.2, 0) is 0 Å². The van der Waals surface area contributed by atoms with Crippen molar-refractivity contribution in [2.24, 2.45) is 0 Å². The Balaban J connectivity index is 1.79. The molecule has 0 aliphatic rings. The highest BCUT2D eigenvalue weighted by Gasteiger charge is 2.13. The van der Waals surface area contributed by atoms with Crippen LogP contribution in [0.5, 0.6) is 5.88 Å². The van der Waals surface area contributed by atoms with E-state index < -0.39 is 0 Å². The van der Waals surface area contributed by atoms with Crippen LogP contribution >= 0.6 is 0 Å². The summed E-state index contributed by atoms with van der Waals surface area (Å²) in [7, 11) is 1.60. The Morgan fingerprint density at radius 1 is 0.862 bits per heavy atom. The Morgan fingerprint density at radius 2 is 1.72 bits per heavy atom. The van der Waals surface area contributed by atoms with Crippen LogP contribution in [0.1, 0.15) is 0 Å². The van der Waals surface area contributed by atoms with Crippen molar-refractivity contribution in [3.05, 3.63) is 89.2 Å². The molecule has 2 aromatic carbocycles. The van der Waals surface area contributed by atoms with E-state index in [1.54, 1.807) is 13.3 Å². The predicted octanol–water partition coefficient (Wildman–Crippen LogP) is 4.81. The van der Waals surface area contributed by atoms with E-state index in [-0.39, 0.29) is 5.43 Å². The van der Waals surface area contributed by atoms with Gasteiger partial charge >= 0.3 is 0 Å². The fourth-order valence-corrected chi connectivity index (χ4v) is 3.52. The van der Waals surface area contributed by atoms with Crippen molar-refractivity contribution in [2.75, 3.05) is 7.11 Å². The molecule has 29 heavy (non-hydrogen) atoms. The van der Waals surface area contributed by atoms with Crippen LogP contribution in [0.15, 0.2) is 83.8 Å². The second-order valence-corrected chi connectivity index (χ2v) is 6.75. The molecule has 3 aromatic heterocycles. The van der Waals surface area contributed by atoms with E-state index in [4.69, 9.17) is 9.72 Å². The minimum Gasteiger partial charge on any atom is -0.481 e. The predicted molar refractivity (Wildman–Crippen MR) is 115 cm³/mol. The second-order valence-electron chi connectivity index (χ2n) is 6.75. The molecule has 0 radical (unpaired) electrons. The first-order valence-electron chi connectivity index (χ1n) is 9.26. The summed E-state index contributed by atoms with van der Waals surface area (Å²) in [6.07, 6.45) is 1.63. The number of hydrogen-bond donors (Lipinski definition) is 1. The van der Waals surface area contributed by atoms with Crippen molar-refractivity contribution >= 4 is 21.9 Å². The number of fused-ring (bicyclic) bond motifs is 2. The van der Waals surface area contributed by atoms with Crippen LogP contribution in [0.25, 0.3) is 44.3 Å². The van der Waals surface area contributed by atoms with Crippen molar-refractivity contribution in [3.63, 3.8) is 0 Å². The van der Waals surface area contributed by atoms with Gasteiger partial charge in [-0.1, -0.05) is 36.4 Å². The maximum Gasteiger partial charge on any atom is 0.213 e. The molecule has 0 atom stereocenters. The Labute approximate surface area is 166 Å². The first kappa shape index (κ1) is 17.1. The van der Waals surface area contributed by atoms with Crippen molar-refractivity contribution in [3.8, 4) is 28.3 Å². The molecule has 0 unspecified atom stereocenters. The second kappa shape index (κ2) is 6.87. The average molecular weight is 379 g/mol. The number of ether oxygens (including phenoxy) is 1. The summed E-state index contributed by atoms with van der Waals surface area (Å²) in [5.74, 6) is 0.578. The molecule has 0 fully saturated rings. The van der Waals surface area contributed by atoms with Gasteiger partial charge in [0, 0.05) is 34.8 Å². The normalized spacial score (nSPS) is 11.1. The molecular weight excluding hydrogens is 362 g/mol. The molecule has 0 bridgehead atoms. The standard InChI is InChI=1S/C24H17N3O2/c1-29-22-10-8-17-13-16(7-9-20(17)26-22)18-14-19-21(28)11-12-25-24(19)27-23(18)15-5-3-2-4-6-15/h2-14H,1H3,(H,25,27,28). The van der Waals surface area contributed by atoms with Gasteiger partial charge in [-0.05, 0) is 29.8 Å². The summed E-state index contributed by atoms with van der Waals surface area (Å²) in [6.45, 7) is 0. The molecule has 0 aliphatic heterocycles. The van der Waals surface area contributed by atoms with E-state index in [0.717, 1.165) is 33.3 Å². The number of rotatable bonds is 3. The highest BCUT2D eigenvalue weighted by atomic mass is 16.5. The van der Waals surface area contributed by atoms with E-state index in [1.807, 2.05) is 60.7 Å². The molecule has 5 heteroatoms. The van der Waals surface area contributed by atoms with Crippen LogP contribution < -0.4 is 10.2 Å². The Kier molecular flexibility index (Phi) is 4.06. The number of aromatic nitrogens is 3. The largest absolute Gasteiger partial charge is 0.481 e. The number of aromatic amines is 1. The number of hydrogen-bond acceptors (Lipinski definition) is 4. The van der Waals surface area contributed by atoms with Gasteiger partial charge in [0.2, 0.25) is 5.88 Å². The zero-order chi connectivity index (χ0) is 19.8. The number of methoxy groups -OCH3 is 1. The number of nitrogens with one attached hydrogen (secondary N) is 1. The molecule has 0 amide bonds. The van der Waals surface area contributed by atoms with Crippen molar-refractivity contribution in [2.45, 2.75) is 0 Å². The number of H-pyrrole nitrogens is 1. The highest BCUT2D eigenvalue weighted by molar-refractivity contribution is 5.93. The van der Waals surface area contributed by atoms with Crippen LogP contribution in [-0.4, -0.2) is 22.1 Å². The zero-order valence-electron chi connectivity index (χ0n) is 15.7. The van der Waals surface area contributed by atoms with E-state index in [9.17, 15) is 4.79 Å². The lowest BCUT2D eigenvalue weighted by molar-refractivity contribution is 0.399. The Morgan fingerprint density at radius 3 is 2.55 bits per heavy atom. The molecule has 0 aliphatic carbocycles. The third kappa shape index (κ3) is 3.02. The minimum atomic E-state index is -0.0562. The van der Waals surface area contributed by atoms with Gasteiger partial charge < -0.3 is 9.72 Å². The molecule has 140 valence electrons. The average Bonchev–Trinajstić information content (AvgIpc) is 2.78. The number of nitrogens with zero attached hydrogens (tertiary/aromatic N) is 2. The SMILES string of the molecule is COc1ccc2cc(-c3cc4c(=O)cc[nH]c4nc3-c3ccccc3)ccc2n1. The molecule has 5 aromatic rings. The fraction of sp³-hybridized carbons (Fsp3) is 0.0417. The molecule has 0 spiro atoms. The summed E-state index contributed by atoms with van der Waals surface area (Å²) in [4.78, 5) is 24.8. The van der Waals surface area contributed by atoms with Gasteiger partial charge in [-0.25, -0.2) is 9.97 Å². The molecule has 3 heterocycles.